The summed E-state index contributed by atoms with van der Waals surface area (Å²) in [6.07, 6.45) is 14.7. The molecule has 0 amide bonds. The lowest BCUT2D eigenvalue weighted by Gasteiger charge is -2.64. The number of nitrogens with one attached hydrogen (secondary N) is 1. The number of rotatable bonds is 13. The lowest BCUT2D eigenvalue weighted by Crippen LogP contribution is -2.78. The average Bonchev–Trinajstić information content (AvgIpc) is 3.99. The molecule has 5 unspecified atom stereocenters. The Morgan fingerprint density at radius 1 is 1.05 bits per heavy atom. The summed E-state index contributed by atoms with van der Waals surface area (Å²) < 4.78 is 17.5. The third-order valence-electron chi connectivity index (χ3n) is 14.6. The molecule has 8 rings (SSSR count). The van der Waals surface area contributed by atoms with Gasteiger partial charge in [-0.2, -0.15) is 0 Å². The van der Waals surface area contributed by atoms with Gasteiger partial charge in [0.15, 0.2) is 0 Å². The zero-order valence-corrected chi connectivity index (χ0v) is 43.6. The molecule has 2 aromatic carbocycles. The highest BCUT2D eigenvalue weighted by molar-refractivity contribution is 14.1. The fourth-order valence-corrected chi connectivity index (χ4v) is 13.5. The number of ether oxygens (including phenoxy) is 3. The van der Waals surface area contributed by atoms with Gasteiger partial charge in [0.1, 0.15) is 26.9 Å². The Bertz CT molecular complexity index is 2250. The van der Waals surface area contributed by atoms with Gasteiger partial charge in [0.2, 0.25) is 0 Å². The minimum atomic E-state index is -1.41. The molecular weight excluding hydrogens is 932 g/mol. The number of hydrogen-bond acceptors (Lipinski definition) is 10. The number of aryl methyl sites for hydroxylation is 1. The molecule has 3 aromatic rings. The third-order valence-corrected chi connectivity index (χ3v) is 16.9. The van der Waals surface area contributed by atoms with Crippen LogP contribution in [-0.2, 0) is 36.3 Å². The minimum Gasteiger partial charge on any atom is -0.496 e. The number of halogens is 1. The topological polar surface area (TPSA) is 128 Å². The van der Waals surface area contributed by atoms with Crippen LogP contribution in [0.15, 0.2) is 66.4 Å². The number of aromatic amines is 1. The maximum atomic E-state index is 15.1. The summed E-state index contributed by atoms with van der Waals surface area (Å²) in [5.74, 6) is -0.352. The number of esters is 2. The number of allylic oxidation sites excluding steroid dienone is 3. The van der Waals surface area contributed by atoms with Crippen LogP contribution in [0.3, 0.4) is 0 Å². The first-order valence-corrected chi connectivity index (χ1v) is 25.3. The molecule has 12 heteroatoms. The fourth-order valence-electron chi connectivity index (χ4n) is 12.0. The summed E-state index contributed by atoms with van der Waals surface area (Å²) >= 11 is 2.45. The first-order chi connectivity index (χ1) is 31.4. The number of alkyl halides is 1. The van der Waals surface area contributed by atoms with Gasteiger partial charge in [0, 0.05) is 90.9 Å². The molecule has 0 bridgehead atoms. The van der Waals surface area contributed by atoms with Crippen molar-refractivity contribution in [2.75, 3.05) is 57.8 Å². The van der Waals surface area contributed by atoms with E-state index in [2.05, 4.69) is 118 Å². The summed E-state index contributed by atoms with van der Waals surface area (Å²) in [4.78, 5) is 38.5. The number of H-pyrrole nitrogens is 1. The minimum absolute atomic E-state index is 0.122. The summed E-state index contributed by atoms with van der Waals surface area (Å²) in [7, 11) is 7.16. The van der Waals surface area contributed by atoms with Crippen LogP contribution in [0.1, 0.15) is 130 Å². The number of likely N-dealkylation sites (N-methyl/N-ethyl adjacent to an activating group) is 2. The van der Waals surface area contributed by atoms with Gasteiger partial charge in [0.25, 0.3) is 0 Å². The van der Waals surface area contributed by atoms with E-state index in [0.717, 1.165) is 83.6 Å². The summed E-state index contributed by atoms with van der Waals surface area (Å²) in [5, 5.41) is 24.4. The average molecular weight is 1010 g/mol. The van der Waals surface area contributed by atoms with Crippen LogP contribution in [0.5, 0.6) is 5.75 Å². The van der Waals surface area contributed by atoms with Crippen molar-refractivity contribution < 1.29 is 34.0 Å². The molecule has 11 nitrogen and oxygen atoms in total. The second-order valence-electron chi connectivity index (χ2n) is 17.1. The van der Waals surface area contributed by atoms with Gasteiger partial charge in [-0.15, -0.1) is 0 Å². The Morgan fingerprint density at radius 2 is 1.77 bits per heavy atom. The van der Waals surface area contributed by atoms with Gasteiger partial charge >= 0.3 is 11.9 Å². The third kappa shape index (κ3) is 7.93. The van der Waals surface area contributed by atoms with E-state index >= 15 is 4.79 Å². The van der Waals surface area contributed by atoms with E-state index < -0.39 is 43.9 Å². The molecule has 358 valence electrons. The summed E-state index contributed by atoms with van der Waals surface area (Å²) in [5.41, 5.74) is 4.72. The van der Waals surface area contributed by atoms with Crippen LogP contribution in [0, 0.1) is 5.41 Å². The molecule has 3 N–H and O–H groups in total. The summed E-state index contributed by atoms with van der Waals surface area (Å²) in [6.45, 7) is 19.1. The van der Waals surface area contributed by atoms with Crippen molar-refractivity contribution in [3.8, 4) is 5.75 Å². The SMILES string of the molecule is CC.CC.CC.CCCc1c([C@@](CCCO)(C(=O)OC)c2cc3c(cc2OC)N(C)C2(I)C(O)C(OC(C)=O)[C@]4(CC)C=CCN5CCC32C54)[nH]c2ccc(N(C)C3=CCCC=C3)cc12. The van der Waals surface area contributed by atoms with E-state index in [1.807, 2.05) is 54.7 Å². The van der Waals surface area contributed by atoms with Crippen molar-refractivity contribution in [2.45, 2.75) is 146 Å². The second kappa shape index (κ2) is 21.4. The van der Waals surface area contributed by atoms with Gasteiger partial charge in [-0.25, -0.2) is 0 Å². The first-order valence-electron chi connectivity index (χ1n) is 24.2. The zero-order valence-electron chi connectivity index (χ0n) is 41.4. The van der Waals surface area contributed by atoms with Crippen LogP contribution in [-0.4, -0.2) is 102 Å². The largest absolute Gasteiger partial charge is 0.496 e. The lowest BCUT2D eigenvalue weighted by molar-refractivity contribution is -0.185. The molecule has 3 aliphatic heterocycles. The van der Waals surface area contributed by atoms with Crippen LogP contribution in [0.4, 0.5) is 11.4 Å². The number of aliphatic hydroxyl groups excluding tert-OH is 2. The predicted octanol–water partition coefficient (Wildman–Crippen LogP) is 10.3. The quantitative estimate of drug-likeness (QED) is 0.0501. The number of carbonyl (C=O) groups excluding carboxylic acids is 2. The standard InChI is InChI=1S/C47H59IN4O7.3C2H6/c1-8-15-32-33-26-31(50(4)30-16-11-10-12-17-30)18-19-36(33)49-39(32)45(21-14-25-53,43(56)58-7)35-27-34-37(28-38(35)57-6)51(5)47(48)40(55)41(59-29(3)54)44(9-2)20-13-23-52-24-22-46(34,47)42(44)52;3*1-2/h11,13,16-20,26-28,40-42,49,53,55H,8-10,12,14-15,21-25H2,1-7H3;3*1-2H3/t40?,41?,42?,44-,45-,46?,47?;;;/m0.../s1. The van der Waals surface area contributed by atoms with Crippen molar-refractivity contribution >= 4 is 56.8 Å². The Labute approximate surface area is 402 Å². The maximum Gasteiger partial charge on any atom is 0.322 e. The highest BCUT2D eigenvalue weighted by atomic mass is 127. The van der Waals surface area contributed by atoms with Crippen molar-refractivity contribution in [1.82, 2.24) is 9.88 Å². The number of fused-ring (bicyclic) bond motifs is 2. The van der Waals surface area contributed by atoms with E-state index in [4.69, 9.17) is 14.2 Å². The Morgan fingerprint density at radius 3 is 2.37 bits per heavy atom. The molecule has 2 fully saturated rings. The molecule has 65 heavy (non-hydrogen) atoms. The van der Waals surface area contributed by atoms with Crippen LogP contribution < -0.4 is 14.5 Å². The number of aliphatic hydroxyl groups is 2. The molecule has 1 saturated heterocycles. The fraction of sp³-hybridized carbons (Fsp3) is 0.585. The number of anilines is 2. The van der Waals surface area contributed by atoms with Gasteiger partial charge < -0.3 is 39.2 Å². The molecule has 7 atom stereocenters. The van der Waals surface area contributed by atoms with Gasteiger partial charge in [-0.1, -0.05) is 109 Å². The van der Waals surface area contributed by atoms with Crippen LogP contribution in [0.2, 0.25) is 0 Å². The molecule has 2 aliphatic carbocycles. The molecule has 4 heterocycles. The molecule has 1 spiro atoms. The molecular formula is C53H77IN4O7. The lowest BCUT2D eigenvalue weighted by atomic mass is 9.51. The van der Waals surface area contributed by atoms with Crippen molar-refractivity contribution in [3.05, 3.63) is 88.8 Å². The van der Waals surface area contributed by atoms with E-state index in [9.17, 15) is 15.0 Å². The second-order valence-corrected chi connectivity index (χ2v) is 18.8. The van der Waals surface area contributed by atoms with Crippen molar-refractivity contribution in [3.63, 3.8) is 0 Å². The first kappa shape index (κ1) is 52.1. The van der Waals surface area contributed by atoms with Gasteiger partial charge in [0.05, 0.1) is 19.6 Å². The number of carbonyl (C=O) groups is 2. The Hall–Kier alpha value is -3.85. The van der Waals surface area contributed by atoms with E-state index in [1.165, 1.54) is 14.0 Å². The molecule has 5 aliphatic rings. The molecule has 1 saturated carbocycles. The normalized spacial score (nSPS) is 26.7. The highest BCUT2D eigenvalue weighted by Crippen LogP contribution is 2.71. The van der Waals surface area contributed by atoms with Gasteiger partial charge in [-0.05, 0) is 93.0 Å². The molecule has 0 radical (unpaired) electrons. The van der Waals surface area contributed by atoms with E-state index in [1.54, 1.807) is 7.11 Å². The Balaban J connectivity index is 0.00000127. The van der Waals surface area contributed by atoms with Crippen LogP contribution >= 0.6 is 22.6 Å². The number of benzene rings is 2. The van der Waals surface area contributed by atoms with Crippen LogP contribution in [0.25, 0.3) is 10.9 Å². The summed E-state index contributed by atoms with van der Waals surface area (Å²) in [6, 6.07) is 10.5. The maximum absolute atomic E-state index is 15.1. The zero-order chi connectivity index (χ0) is 48.1. The van der Waals surface area contributed by atoms with Crippen molar-refractivity contribution in [1.29, 1.82) is 0 Å². The van der Waals surface area contributed by atoms with E-state index in [0.29, 0.717) is 30.6 Å². The number of aromatic nitrogens is 1. The number of methoxy groups -OCH3 is 2. The number of hydrogen-bond donors (Lipinski definition) is 3. The smallest absolute Gasteiger partial charge is 0.322 e. The monoisotopic (exact) mass is 1010 g/mol. The van der Waals surface area contributed by atoms with Crippen molar-refractivity contribution in [2.24, 2.45) is 5.41 Å². The molecule has 1 aromatic heterocycles. The highest BCUT2D eigenvalue weighted by Gasteiger charge is 2.79. The predicted molar refractivity (Wildman–Crippen MR) is 274 cm³/mol. The number of nitrogens with zero attached hydrogens (tertiary/aromatic N) is 3. The van der Waals surface area contributed by atoms with E-state index in [-0.39, 0.29) is 19.1 Å². The Kier molecular flexibility index (Phi) is 17.2. The van der Waals surface area contributed by atoms with Gasteiger partial charge in [-0.3, -0.25) is 14.5 Å².